The van der Waals surface area contributed by atoms with E-state index in [0.717, 1.165) is 16.9 Å². The van der Waals surface area contributed by atoms with Crippen molar-refractivity contribution in [1.29, 1.82) is 0 Å². The van der Waals surface area contributed by atoms with Gasteiger partial charge in [-0.3, -0.25) is 19.3 Å². The predicted octanol–water partition coefficient (Wildman–Crippen LogP) is 3.03. The Kier molecular flexibility index (Phi) is 4.93. The van der Waals surface area contributed by atoms with Gasteiger partial charge in [0.05, 0.1) is 0 Å². The lowest BCUT2D eigenvalue weighted by Crippen LogP contribution is -2.57. The van der Waals surface area contributed by atoms with Crippen LogP contribution in [0, 0.1) is 0 Å². The van der Waals surface area contributed by atoms with Gasteiger partial charge in [-0.15, -0.1) is 0 Å². The second-order valence-electron chi connectivity index (χ2n) is 7.91. The van der Waals surface area contributed by atoms with Gasteiger partial charge in [0, 0.05) is 23.9 Å². The lowest BCUT2D eigenvalue weighted by atomic mass is 9.97. The van der Waals surface area contributed by atoms with Crippen LogP contribution in [0.3, 0.4) is 0 Å². The van der Waals surface area contributed by atoms with Crippen LogP contribution in [0.1, 0.15) is 34.6 Å². The van der Waals surface area contributed by atoms with Crippen LogP contribution < -0.4 is 15.2 Å². The summed E-state index contributed by atoms with van der Waals surface area (Å²) in [7, 11) is 0. The molecule has 0 aliphatic carbocycles. The van der Waals surface area contributed by atoms with Gasteiger partial charge in [-0.1, -0.05) is 54.6 Å². The number of hydrogen-bond acceptors (Lipinski definition) is 5. The molecule has 1 aromatic heterocycles. The van der Waals surface area contributed by atoms with Crippen molar-refractivity contribution >= 4 is 5.91 Å². The summed E-state index contributed by atoms with van der Waals surface area (Å²) in [5, 5.41) is 12.6. The first kappa shape index (κ1) is 19.9. The van der Waals surface area contributed by atoms with Crippen molar-refractivity contribution < 1.29 is 14.6 Å². The highest BCUT2D eigenvalue weighted by Crippen LogP contribution is 2.37. The molecule has 1 N–H and O–H groups in total. The number of hydrogen-bond donors (Lipinski definition) is 1. The normalized spacial score (nSPS) is 21.1. The third-order valence-corrected chi connectivity index (χ3v) is 5.96. The zero-order chi connectivity index (χ0) is 22.2. The molecule has 7 heteroatoms. The number of benzene rings is 2. The molecule has 0 radical (unpaired) electrons. The van der Waals surface area contributed by atoms with Gasteiger partial charge in [0.15, 0.2) is 11.4 Å². The van der Waals surface area contributed by atoms with E-state index in [0.29, 0.717) is 6.61 Å². The molecule has 162 valence electrons. The lowest BCUT2D eigenvalue weighted by Gasteiger charge is -2.45. The van der Waals surface area contributed by atoms with Crippen LogP contribution in [0.5, 0.6) is 11.5 Å². The SMILES string of the molecule is C[C@@H]1/C=C\COc2ccccc2[C@@H](c2ccccc2)N2CN1C(=O)c1c(O)c(=O)ccn12. The van der Waals surface area contributed by atoms with Crippen molar-refractivity contribution in [2.75, 3.05) is 18.3 Å². The molecule has 3 heterocycles. The molecule has 0 spiro atoms. The van der Waals surface area contributed by atoms with E-state index in [-0.39, 0.29) is 24.4 Å². The molecule has 0 fully saturated rings. The number of pyridine rings is 1. The Labute approximate surface area is 185 Å². The zero-order valence-electron chi connectivity index (χ0n) is 17.6. The molecule has 32 heavy (non-hydrogen) atoms. The molecule has 0 saturated carbocycles. The minimum atomic E-state index is -0.584. The maximum atomic E-state index is 13.4. The Hall–Kier alpha value is -4.00. The number of rotatable bonds is 1. The van der Waals surface area contributed by atoms with Crippen molar-refractivity contribution in [1.82, 2.24) is 9.58 Å². The van der Waals surface area contributed by atoms with Gasteiger partial charge in [0.2, 0.25) is 5.43 Å². The minimum Gasteiger partial charge on any atom is -0.502 e. The van der Waals surface area contributed by atoms with Crippen LogP contribution in [0.15, 0.2) is 83.8 Å². The Morgan fingerprint density at radius 2 is 1.75 bits per heavy atom. The number of amides is 1. The summed E-state index contributed by atoms with van der Waals surface area (Å²) < 4.78 is 7.70. The monoisotopic (exact) mass is 429 g/mol. The fourth-order valence-electron chi connectivity index (χ4n) is 4.35. The second-order valence-corrected chi connectivity index (χ2v) is 7.91. The van der Waals surface area contributed by atoms with E-state index in [9.17, 15) is 14.7 Å². The summed E-state index contributed by atoms with van der Waals surface area (Å²) in [4.78, 5) is 27.2. The quantitative estimate of drug-likeness (QED) is 0.602. The summed E-state index contributed by atoms with van der Waals surface area (Å²) >= 11 is 0. The third kappa shape index (κ3) is 3.22. The predicted molar refractivity (Wildman–Crippen MR) is 120 cm³/mol. The second kappa shape index (κ2) is 7.92. The average molecular weight is 429 g/mol. The van der Waals surface area contributed by atoms with Gasteiger partial charge in [0.1, 0.15) is 25.1 Å². The molecular weight excluding hydrogens is 406 g/mol. The van der Waals surface area contributed by atoms with E-state index in [4.69, 9.17) is 4.74 Å². The number of fused-ring (bicyclic) bond motifs is 5. The number of carbonyl (C=O) groups excluding carboxylic acids is 1. The number of carbonyl (C=O) groups is 1. The van der Waals surface area contributed by atoms with Gasteiger partial charge in [0.25, 0.3) is 5.91 Å². The zero-order valence-corrected chi connectivity index (χ0v) is 17.6. The van der Waals surface area contributed by atoms with E-state index in [1.807, 2.05) is 78.7 Å². The third-order valence-electron chi connectivity index (χ3n) is 5.96. The highest BCUT2D eigenvalue weighted by atomic mass is 16.5. The number of nitrogens with zero attached hydrogens (tertiary/aromatic N) is 3. The molecule has 2 bridgehead atoms. The van der Waals surface area contributed by atoms with Crippen LogP contribution in [0.2, 0.25) is 0 Å². The molecule has 5 rings (SSSR count). The van der Waals surface area contributed by atoms with E-state index in [1.54, 1.807) is 15.8 Å². The van der Waals surface area contributed by atoms with Gasteiger partial charge >= 0.3 is 0 Å². The van der Waals surface area contributed by atoms with Gasteiger partial charge in [-0.2, -0.15) is 0 Å². The summed E-state index contributed by atoms with van der Waals surface area (Å²) in [6.45, 7) is 2.53. The Morgan fingerprint density at radius 1 is 1.00 bits per heavy atom. The lowest BCUT2D eigenvalue weighted by molar-refractivity contribution is 0.0643. The molecule has 0 saturated heterocycles. The molecule has 7 nitrogen and oxygen atoms in total. The summed E-state index contributed by atoms with van der Waals surface area (Å²) in [5.74, 6) is -0.209. The molecule has 2 aliphatic rings. The summed E-state index contributed by atoms with van der Waals surface area (Å²) in [6, 6.07) is 18.4. The van der Waals surface area contributed by atoms with Crippen LogP contribution >= 0.6 is 0 Å². The molecule has 0 unspecified atom stereocenters. The maximum absolute atomic E-state index is 13.4. The first-order valence-corrected chi connectivity index (χ1v) is 10.5. The van der Waals surface area contributed by atoms with Crippen molar-refractivity contribution in [3.8, 4) is 11.5 Å². The molecule has 3 aromatic rings. The standard InChI is InChI=1S/C25H23N3O4/c1-17-8-7-15-32-21-12-6-5-11-19(21)22(18-9-3-2-4-10-18)28-16-26(17)25(31)23-24(30)20(29)13-14-27(23)28/h2-14,17,22,30H,15-16H2,1H3/b8-7-/t17-,22-/m1/s1. The summed E-state index contributed by atoms with van der Waals surface area (Å²) in [5.41, 5.74) is 1.28. The van der Waals surface area contributed by atoms with E-state index >= 15 is 0 Å². The molecule has 2 atom stereocenters. The summed E-state index contributed by atoms with van der Waals surface area (Å²) in [6.07, 6.45) is 5.33. The van der Waals surface area contributed by atoms with Crippen LogP contribution in [0.4, 0.5) is 0 Å². The fraction of sp³-hybridized carbons (Fsp3) is 0.200. The number of para-hydroxylation sites is 1. The topological polar surface area (TPSA) is 75.0 Å². The Morgan fingerprint density at radius 3 is 2.56 bits per heavy atom. The number of aromatic nitrogens is 1. The average Bonchev–Trinajstić information content (AvgIpc) is 2.83. The van der Waals surface area contributed by atoms with Crippen LogP contribution in [0.25, 0.3) is 0 Å². The maximum Gasteiger partial charge on any atom is 0.278 e. The van der Waals surface area contributed by atoms with E-state index in [2.05, 4.69) is 0 Å². The van der Waals surface area contributed by atoms with Crippen molar-refractivity contribution in [3.05, 3.63) is 106 Å². The Bertz CT molecular complexity index is 1250. The molecule has 1 amide bonds. The van der Waals surface area contributed by atoms with Gasteiger partial charge in [-0.05, 0) is 24.6 Å². The van der Waals surface area contributed by atoms with Crippen LogP contribution in [-0.4, -0.2) is 39.9 Å². The number of aromatic hydroxyl groups is 1. The fourth-order valence-corrected chi connectivity index (χ4v) is 4.35. The Balaban J connectivity index is 1.81. The first-order valence-electron chi connectivity index (χ1n) is 10.5. The van der Waals surface area contributed by atoms with Crippen molar-refractivity contribution in [2.24, 2.45) is 0 Å². The first-order chi connectivity index (χ1) is 15.6. The van der Waals surface area contributed by atoms with Crippen molar-refractivity contribution in [2.45, 2.75) is 19.0 Å². The van der Waals surface area contributed by atoms with Gasteiger partial charge in [-0.25, -0.2) is 0 Å². The van der Waals surface area contributed by atoms with E-state index < -0.39 is 17.1 Å². The highest BCUT2D eigenvalue weighted by molar-refractivity contribution is 5.96. The molecule has 2 aliphatic heterocycles. The highest BCUT2D eigenvalue weighted by Gasteiger charge is 2.38. The molecule has 2 aromatic carbocycles. The van der Waals surface area contributed by atoms with Crippen LogP contribution in [-0.2, 0) is 0 Å². The minimum absolute atomic E-state index is 0.0393. The number of ether oxygens (including phenoxy) is 1. The molecular formula is C25H23N3O4. The van der Waals surface area contributed by atoms with E-state index in [1.165, 1.54) is 6.07 Å². The smallest absolute Gasteiger partial charge is 0.278 e. The largest absolute Gasteiger partial charge is 0.502 e. The van der Waals surface area contributed by atoms with Crippen molar-refractivity contribution in [3.63, 3.8) is 0 Å². The van der Waals surface area contributed by atoms with Gasteiger partial charge < -0.3 is 14.7 Å².